The average molecular weight is 445 g/mol. The molecule has 3 heterocycles. The molecule has 2 aromatic heterocycles. The minimum absolute atomic E-state index is 0.0212. The number of hydrogen-bond donors (Lipinski definition) is 1. The number of benzene rings is 2. The van der Waals surface area contributed by atoms with Gasteiger partial charge in [0.15, 0.2) is 11.5 Å². The van der Waals surface area contributed by atoms with E-state index in [0.29, 0.717) is 23.9 Å². The van der Waals surface area contributed by atoms with Crippen molar-refractivity contribution < 1.29 is 23.5 Å². The first-order valence-corrected chi connectivity index (χ1v) is 10.5. The molecule has 166 valence electrons. The normalized spacial score (nSPS) is 16.2. The molecule has 0 saturated heterocycles. The largest absolute Gasteiger partial charge is 0.503 e. The van der Waals surface area contributed by atoms with Crippen molar-refractivity contribution in [3.63, 3.8) is 0 Å². The first-order valence-electron chi connectivity index (χ1n) is 10.5. The van der Waals surface area contributed by atoms with Crippen LogP contribution in [0.2, 0.25) is 0 Å². The lowest BCUT2D eigenvalue weighted by atomic mass is 9.94. The van der Waals surface area contributed by atoms with Crippen molar-refractivity contribution in [2.75, 3.05) is 6.54 Å². The zero-order valence-electron chi connectivity index (χ0n) is 17.5. The molecule has 0 aliphatic carbocycles. The zero-order chi connectivity index (χ0) is 22.9. The lowest BCUT2D eigenvalue weighted by Crippen LogP contribution is -2.33. The fourth-order valence-corrected chi connectivity index (χ4v) is 4.21. The van der Waals surface area contributed by atoms with Crippen molar-refractivity contribution in [2.45, 2.75) is 19.0 Å². The van der Waals surface area contributed by atoms with E-state index in [9.17, 15) is 19.1 Å². The molecule has 8 heteroatoms. The lowest BCUT2D eigenvalue weighted by molar-refractivity contribution is -0.129. The SMILES string of the molecule is O=C(C1=C(O)C(=O)N(CCCn2ccnc2)C1c1ccccc1F)c1cc2ccccc2o1. The van der Waals surface area contributed by atoms with E-state index in [4.69, 9.17) is 4.42 Å². The number of carbonyl (C=O) groups excluding carboxylic acids is 2. The summed E-state index contributed by atoms with van der Waals surface area (Å²) < 4.78 is 22.4. The van der Waals surface area contributed by atoms with Crippen molar-refractivity contribution in [3.8, 4) is 0 Å². The third-order valence-corrected chi connectivity index (χ3v) is 5.77. The number of Topliss-reactive ketones (excluding diaryl/α,β-unsaturated/α-hetero) is 1. The first-order chi connectivity index (χ1) is 16.0. The van der Waals surface area contributed by atoms with E-state index in [2.05, 4.69) is 4.98 Å². The predicted molar refractivity (Wildman–Crippen MR) is 118 cm³/mol. The Morgan fingerprint density at radius 2 is 1.91 bits per heavy atom. The molecular weight excluding hydrogens is 425 g/mol. The fraction of sp³-hybridized carbons (Fsp3) is 0.160. The number of aryl methyl sites for hydroxylation is 1. The van der Waals surface area contributed by atoms with Gasteiger partial charge in [-0.2, -0.15) is 0 Å². The number of aromatic nitrogens is 2. The summed E-state index contributed by atoms with van der Waals surface area (Å²) in [4.78, 5) is 31.8. The number of nitrogens with zero attached hydrogens (tertiary/aromatic N) is 3. The number of fused-ring (bicyclic) bond motifs is 1. The number of rotatable bonds is 7. The van der Waals surface area contributed by atoms with Crippen LogP contribution in [0, 0.1) is 5.82 Å². The molecule has 4 aromatic rings. The van der Waals surface area contributed by atoms with Crippen LogP contribution in [0.15, 0.2) is 89.1 Å². The Hall–Kier alpha value is -4.20. The van der Waals surface area contributed by atoms with Gasteiger partial charge in [-0.15, -0.1) is 0 Å². The van der Waals surface area contributed by atoms with E-state index < -0.39 is 29.3 Å². The summed E-state index contributed by atoms with van der Waals surface area (Å²) in [5.74, 6) is -2.64. The van der Waals surface area contributed by atoms with Crippen molar-refractivity contribution in [1.29, 1.82) is 0 Å². The van der Waals surface area contributed by atoms with E-state index in [1.54, 1.807) is 49.1 Å². The van der Waals surface area contributed by atoms with Gasteiger partial charge in [0.05, 0.1) is 17.9 Å². The number of amides is 1. The Kier molecular flexibility index (Phi) is 5.26. The van der Waals surface area contributed by atoms with Crippen LogP contribution in [0.1, 0.15) is 28.6 Å². The number of para-hydroxylation sites is 1. The summed E-state index contributed by atoms with van der Waals surface area (Å²) in [7, 11) is 0. The molecule has 0 radical (unpaired) electrons. The molecule has 33 heavy (non-hydrogen) atoms. The van der Waals surface area contributed by atoms with E-state index >= 15 is 0 Å². The molecule has 5 rings (SSSR count). The summed E-state index contributed by atoms with van der Waals surface area (Å²) in [6.45, 7) is 0.776. The van der Waals surface area contributed by atoms with Gasteiger partial charge in [-0.1, -0.05) is 36.4 Å². The number of ketones is 1. The van der Waals surface area contributed by atoms with Gasteiger partial charge in [0.1, 0.15) is 11.4 Å². The maximum atomic E-state index is 14.8. The third-order valence-electron chi connectivity index (χ3n) is 5.77. The van der Waals surface area contributed by atoms with Gasteiger partial charge in [0, 0.05) is 36.4 Å². The van der Waals surface area contributed by atoms with Gasteiger partial charge in [0.25, 0.3) is 5.91 Å². The van der Waals surface area contributed by atoms with Crippen molar-refractivity contribution in [1.82, 2.24) is 14.5 Å². The lowest BCUT2D eigenvalue weighted by Gasteiger charge is -2.27. The Morgan fingerprint density at radius 1 is 1.12 bits per heavy atom. The van der Waals surface area contributed by atoms with Crippen LogP contribution in [0.5, 0.6) is 0 Å². The van der Waals surface area contributed by atoms with Crippen LogP contribution in [0.25, 0.3) is 11.0 Å². The second-order valence-corrected chi connectivity index (χ2v) is 7.82. The second kappa shape index (κ2) is 8.38. The molecule has 7 nitrogen and oxygen atoms in total. The maximum absolute atomic E-state index is 14.8. The van der Waals surface area contributed by atoms with Crippen LogP contribution in [0.4, 0.5) is 4.39 Å². The highest BCUT2D eigenvalue weighted by atomic mass is 19.1. The van der Waals surface area contributed by atoms with Gasteiger partial charge in [-0.25, -0.2) is 9.37 Å². The van der Waals surface area contributed by atoms with Crippen LogP contribution in [-0.4, -0.2) is 37.8 Å². The molecule has 0 bridgehead atoms. The van der Waals surface area contributed by atoms with Crippen molar-refractivity contribution >= 4 is 22.7 Å². The number of aliphatic hydroxyl groups is 1. The van der Waals surface area contributed by atoms with Crippen LogP contribution >= 0.6 is 0 Å². The van der Waals surface area contributed by atoms with Crippen LogP contribution < -0.4 is 0 Å². The quantitative estimate of drug-likeness (QED) is 0.425. The summed E-state index contributed by atoms with van der Waals surface area (Å²) >= 11 is 0. The Bertz CT molecular complexity index is 1340. The molecule has 0 fully saturated rings. The highest BCUT2D eigenvalue weighted by Crippen LogP contribution is 2.40. The Balaban J connectivity index is 1.52. The number of carbonyl (C=O) groups is 2. The van der Waals surface area contributed by atoms with Gasteiger partial charge < -0.3 is 19.0 Å². The molecule has 0 saturated carbocycles. The second-order valence-electron chi connectivity index (χ2n) is 7.82. The van der Waals surface area contributed by atoms with Crippen LogP contribution in [0.3, 0.4) is 0 Å². The number of furan rings is 1. The van der Waals surface area contributed by atoms with E-state index in [-0.39, 0.29) is 23.4 Å². The highest BCUT2D eigenvalue weighted by molar-refractivity contribution is 6.16. The van der Waals surface area contributed by atoms with E-state index in [1.807, 2.05) is 10.6 Å². The number of halogens is 1. The van der Waals surface area contributed by atoms with Gasteiger partial charge in [-0.3, -0.25) is 9.59 Å². The fourth-order valence-electron chi connectivity index (χ4n) is 4.21. The van der Waals surface area contributed by atoms with Gasteiger partial charge >= 0.3 is 0 Å². The standard InChI is InChI=1S/C25H20FN3O4/c26-18-8-3-2-7-17(18)22-21(23(30)20-14-16-6-1-4-9-19(16)33-20)24(31)25(32)29(22)12-5-11-28-13-10-27-15-28/h1-4,6-10,13-15,22,31H,5,11-12H2. The monoisotopic (exact) mass is 445 g/mol. The molecule has 1 aliphatic rings. The molecule has 1 N–H and O–H groups in total. The van der Waals surface area contributed by atoms with E-state index in [1.165, 1.54) is 23.1 Å². The number of imidazole rings is 1. The van der Waals surface area contributed by atoms with Gasteiger partial charge in [0.2, 0.25) is 5.78 Å². The first kappa shape index (κ1) is 20.7. The van der Waals surface area contributed by atoms with E-state index in [0.717, 1.165) is 0 Å². The molecule has 1 aliphatic heterocycles. The smallest absolute Gasteiger partial charge is 0.290 e. The topological polar surface area (TPSA) is 88.6 Å². The Morgan fingerprint density at radius 3 is 2.67 bits per heavy atom. The maximum Gasteiger partial charge on any atom is 0.290 e. The number of hydrogen-bond acceptors (Lipinski definition) is 5. The third kappa shape index (κ3) is 3.69. The van der Waals surface area contributed by atoms with Crippen LogP contribution in [-0.2, 0) is 11.3 Å². The molecular formula is C25H20FN3O4. The summed E-state index contributed by atoms with van der Waals surface area (Å²) in [6.07, 6.45) is 5.63. The molecule has 1 amide bonds. The molecule has 1 atom stereocenters. The number of aliphatic hydroxyl groups excluding tert-OH is 1. The Labute approximate surface area is 188 Å². The predicted octanol–water partition coefficient (Wildman–Crippen LogP) is 4.44. The zero-order valence-corrected chi connectivity index (χ0v) is 17.5. The summed E-state index contributed by atoms with van der Waals surface area (Å²) in [5, 5.41) is 11.4. The minimum atomic E-state index is -1.07. The molecule has 0 spiro atoms. The van der Waals surface area contributed by atoms with Crippen molar-refractivity contribution in [2.24, 2.45) is 0 Å². The summed E-state index contributed by atoms with van der Waals surface area (Å²) in [6, 6.07) is 13.5. The minimum Gasteiger partial charge on any atom is -0.503 e. The molecule has 2 aromatic carbocycles. The highest BCUT2D eigenvalue weighted by Gasteiger charge is 2.45. The van der Waals surface area contributed by atoms with Crippen molar-refractivity contribution in [3.05, 3.63) is 102 Å². The molecule has 1 unspecified atom stereocenters. The van der Waals surface area contributed by atoms with Gasteiger partial charge in [-0.05, 0) is 24.6 Å². The average Bonchev–Trinajstić information content (AvgIpc) is 3.54. The summed E-state index contributed by atoms with van der Waals surface area (Å²) in [5.41, 5.74) is 0.452.